The van der Waals surface area contributed by atoms with Crippen LogP contribution in [0.1, 0.15) is 29.2 Å². The number of ether oxygens (including phenoxy) is 1. The number of carboxylic acids is 1. The Hall–Kier alpha value is -3.25. The fraction of sp³-hybridized carbons (Fsp3) is 0.240. The van der Waals surface area contributed by atoms with Crippen molar-refractivity contribution in [3.63, 3.8) is 0 Å². The van der Waals surface area contributed by atoms with E-state index in [9.17, 15) is 13.6 Å². The van der Waals surface area contributed by atoms with E-state index in [1.807, 2.05) is 54.6 Å². The molecule has 3 aromatic rings. The normalized spacial score (nSPS) is 12.0. The van der Waals surface area contributed by atoms with E-state index in [-0.39, 0.29) is 19.1 Å². The zero-order chi connectivity index (χ0) is 22.2. The van der Waals surface area contributed by atoms with E-state index < -0.39 is 17.6 Å². The number of halogens is 2. The molecule has 0 spiro atoms. The van der Waals surface area contributed by atoms with Gasteiger partial charge in [0, 0.05) is 19.4 Å². The number of nitrogens with zero attached hydrogens (tertiary/aromatic N) is 1. The van der Waals surface area contributed by atoms with Gasteiger partial charge in [0.2, 0.25) is 0 Å². The molecule has 0 saturated carbocycles. The second-order valence-corrected chi connectivity index (χ2v) is 7.47. The minimum absolute atomic E-state index is 0.0349. The van der Waals surface area contributed by atoms with Crippen molar-refractivity contribution < 1.29 is 23.4 Å². The SMILES string of the molecule is CN(CCC(Oc1ccc(Cc2cccc(F)c2F)cc1)c1ccccc1)CC(=O)O. The molecule has 0 saturated heterocycles. The van der Waals surface area contributed by atoms with Crippen LogP contribution in [0, 0.1) is 11.6 Å². The number of benzene rings is 3. The first-order valence-electron chi connectivity index (χ1n) is 10.1. The van der Waals surface area contributed by atoms with E-state index in [0.29, 0.717) is 24.3 Å². The maximum atomic E-state index is 13.9. The van der Waals surface area contributed by atoms with E-state index in [4.69, 9.17) is 9.84 Å². The van der Waals surface area contributed by atoms with Gasteiger partial charge in [-0.1, -0.05) is 54.6 Å². The zero-order valence-corrected chi connectivity index (χ0v) is 17.3. The van der Waals surface area contributed by atoms with Crippen LogP contribution in [-0.2, 0) is 11.2 Å². The van der Waals surface area contributed by atoms with Crippen molar-refractivity contribution in [1.82, 2.24) is 4.90 Å². The Morgan fingerprint density at radius 2 is 1.71 bits per heavy atom. The van der Waals surface area contributed by atoms with Crippen molar-refractivity contribution >= 4 is 5.97 Å². The lowest BCUT2D eigenvalue weighted by atomic mass is 10.0. The summed E-state index contributed by atoms with van der Waals surface area (Å²) in [5.41, 5.74) is 2.14. The van der Waals surface area contributed by atoms with Crippen molar-refractivity contribution in [1.29, 1.82) is 0 Å². The summed E-state index contributed by atoms with van der Waals surface area (Å²) in [6.45, 7) is 0.523. The maximum Gasteiger partial charge on any atom is 0.317 e. The smallest absolute Gasteiger partial charge is 0.317 e. The number of hydrogen-bond donors (Lipinski definition) is 1. The molecule has 0 amide bonds. The average Bonchev–Trinajstić information content (AvgIpc) is 2.75. The predicted octanol–water partition coefficient (Wildman–Crippen LogP) is 5.08. The minimum atomic E-state index is -0.870. The van der Waals surface area contributed by atoms with Gasteiger partial charge < -0.3 is 9.84 Å². The second kappa shape index (κ2) is 10.7. The number of rotatable bonds is 10. The molecule has 0 bridgehead atoms. The van der Waals surface area contributed by atoms with Crippen LogP contribution in [0.5, 0.6) is 5.75 Å². The molecule has 1 N–H and O–H groups in total. The topological polar surface area (TPSA) is 49.8 Å². The van der Waals surface area contributed by atoms with Crippen LogP contribution >= 0.6 is 0 Å². The quantitative estimate of drug-likeness (QED) is 0.492. The monoisotopic (exact) mass is 425 g/mol. The average molecular weight is 425 g/mol. The van der Waals surface area contributed by atoms with Crippen molar-refractivity contribution in [2.24, 2.45) is 0 Å². The van der Waals surface area contributed by atoms with Crippen LogP contribution in [0.15, 0.2) is 72.8 Å². The van der Waals surface area contributed by atoms with E-state index in [2.05, 4.69) is 0 Å². The summed E-state index contributed by atoms with van der Waals surface area (Å²) < 4.78 is 33.5. The first kappa shape index (κ1) is 22.4. The lowest BCUT2D eigenvalue weighted by Gasteiger charge is -2.22. The van der Waals surface area contributed by atoms with Crippen molar-refractivity contribution in [3.8, 4) is 5.75 Å². The lowest BCUT2D eigenvalue weighted by molar-refractivity contribution is -0.138. The first-order chi connectivity index (χ1) is 14.9. The predicted molar refractivity (Wildman–Crippen MR) is 115 cm³/mol. The fourth-order valence-electron chi connectivity index (χ4n) is 3.36. The van der Waals surface area contributed by atoms with Crippen LogP contribution < -0.4 is 4.74 Å². The van der Waals surface area contributed by atoms with Gasteiger partial charge in [-0.05, 0) is 41.9 Å². The van der Waals surface area contributed by atoms with Gasteiger partial charge >= 0.3 is 5.97 Å². The molecule has 3 aromatic carbocycles. The standard InChI is InChI=1S/C25H25F2NO3/c1-28(17-24(29)30)15-14-23(19-6-3-2-4-7-19)31-21-12-10-18(11-13-21)16-20-8-5-9-22(26)25(20)27/h2-13,23H,14-17H2,1H3,(H,29,30). The van der Waals surface area contributed by atoms with Gasteiger partial charge in [-0.2, -0.15) is 0 Å². The maximum absolute atomic E-state index is 13.9. The Kier molecular flexibility index (Phi) is 7.73. The van der Waals surface area contributed by atoms with Gasteiger partial charge in [0.1, 0.15) is 11.9 Å². The number of likely N-dealkylation sites (N-methyl/N-ethyl adjacent to an activating group) is 1. The highest BCUT2D eigenvalue weighted by Gasteiger charge is 2.16. The summed E-state index contributed by atoms with van der Waals surface area (Å²) in [5.74, 6) is -1.89. The Balaban J connectivity index is 1.69. The summed E-state index contributed by atoms with van der Waals surface area (Å²) in [4.78, 5) is 12.6. The van der Waals surface area contributed by atoms with E-state index in [1.54, 1.807) is 18.0 Å². The van der Waals surface area contributed by atoms with Gasteiger partial charge in [0.05, 0.1) is 6.54 Å². The lowest BCUT2D eigenvalue weighted by Crippen LogP contribution is -2.28. The molecule has 3 rings (SSSR count). The highest BCUT2D eigenvalue weighted by molar-refractivity contribution is 5.69. The number of hydrogen-bond acceptors (Lipinski definition) is 3. The largest absolute Gasteiger partial charge is 0.486 e. The molecule has 0 heterocycles. The van der Waals surface area contributed by atoms with Crippen molar-refractivity contribution in [3.05, 3.63) is 101 Å². The summed E-state index contributed by atoms with van der Waals surface area (Å²) in [7, 11) is 1.76. The molecular weight excluding hydrogens is 400 g/mol. The highest BCUT2D eigenvalue weighted by atomic mass is 19.2. The molecule has 4 nitrogen and oxygen atoms in total. The first-order valence-corrected chi connectivity index (χ1v) is 10.1. The molecule has 162 valence electrons. The summed E-state index contributed by atoms with van der Waals surface area (Å²) in [6.07, 6.45) is 0.652. The molecule has 0 aliphatic rings. The van der Waals surface area contributed by atoms with Crippen molar-refractivity contribution in [2.45, 2.75) is 18.9 Å². The zero-order valence-electron chi connectivity index (χ0n) is 17.3. The third-order valence-corrected chi connectivity index (χ3v) is 4.98. The summed E-state index contributed by atoms with van der Waals surface area (Å²) in [5, 5.41) is 8.95. The summed E-state index contributed by atoms with van der Waals surface area (Å²) >= 11 is 0. The fourth-order valence-corrected chi connectivity index (χ4v) is 3.36. The molecule has 1 atom stereocenters. The Morgan fingerprint density at radius 3 is 2.39 bits per heavy atom. The van der Waals surface area contributed by atoms with E-state index >= 15 is 0 Å². The molecular formula is C25H25F2NO3. The minimum Gasteiger partial charge on any atom is -0.486 e. The Bertz CT molecular complexity index is 993. The van der Waals surface area contributed by atoms with Crippen LogP contribution in [-0.4, -0.2) is 36.1 Å². The third-order valence-electron chi connectivity index (χ3n) is 4.98. The second-order valence-electron chi connectivity index (χ2n) is 7.47. The molecule has 1 unspecified atom stereocenters. The highest BCUT2D eigenvalue weighted by Crippen LogP contribution is 2.26. The Morgan fingerprint density at radius 1 is 1.00 bits per heavy atom. The third kappa shape index (κ3) is 6.62. The van der Waals surface area contributed by atoms with Crippen LogP contribution in [0.2, 0.25) is 0 Å². The number of carbonyl (C=O) groups is 1. The number of carboxylic acid groups (broad SMARTS) is 1. The van der Waals surface area contributed by atoms with Gasteiger partial charge in [0.25, 0.3) is 0 Å². The molecule has 6 heteroatoms. The molecule has 0 fully saturated rings. The van der Waals surface area contributed by atoms with Crippen molar-refractivity contribution in [2.75, 3.05) is 20.1 Å². The van der Waals surface area contributed by atoms with Crippen LogP contribution in [0.4, 0.5) is 8.78 Å². The molecule has 31 heavy (non-hydrogen) atoms. The van der Waals surface area contributed by atoms with E-state index in [0.717, 1.165) is 17.2 Å². The Labute approximate surface area is 180 Å². The van der Waals surface area contributed by atoms with Gasteiger partial charge in [-0.25, -0.2) is 8.78 Å². The molecule has 0 aliphatic heterocycles. The van der Waals surface area contributed by atoms with Gasteiger partial charge in [-0.15, -0.1) is 0 Å². The number of aliphatic carboxylic acids is 1. The molecule has 0 aliphatic carbocycles. The van der Waals surface area contributed by atoms with Crippen LogP contribution in [0.3, 0.4) is 0 Å². The molecule has 0 radical (unpaired) electrons. The molecule has 0 aromatic heterocycles. The summed E-state index contributed by atoms with van der Waals surface area (Å²) in [6, 6.07) is 21.2. The van der Waals surface area contributed by atoms with Crippen LogP contribution in [0.25, 0.3) is 0 Å². The van der Waals surface area contributed by atoms with E-state index in [1.165, 1.54) is 6.07 Å². The van der Waals surface area contributed by atoms with Gasteiger partial charge in [-0.3, -0.25) is 9.69 Å². The van der Waals surface area contributed by atoms with Gasteiger partial charge in [0.15, 0.2) is 11.6 Å².